The van der Waals surface area contributed by atoms with Gasteiger partial charge >= 0.3 is 0 Å². The third kappa shape index (κ3) is 4.18. The molecule has 4 rings (SSSR count). The van der Waals surface area contributed by atoms with E-state index in [9.17, 15) is 4.79 Å². The van der Waals surface area contributed by atoms with Crippen molar-refractivity contribution >= 4 is 34.4 Å². The second kappa shape index (κ2) is 7.97. The lowest BCUT2D eigenvalue weighted by Crippen LogP contribution is -2.63. The first kappa shape index (κ1) is 19.6. The minimum atomic E-state index is -0.443. The summed E-state index contributed by atoms with van der Waals surface area (Å²) in [6.07, 6.45) is 0.138. The molecule has 3 atom stereocenters. The lowest BCUT2D eigenvalue weighted by molar-refractivity contribution is -0.128. The van der Waals surface area contributed by atoms with Crippen molar-refractivity contribution in [3.05, 3.63) is 64.3 Å². The number of hydrogen-bond acceptors (Lipinski definition) is 5. The lowest BCUT2D eigenvalue weighted by atomic mass is 9.90. The molecule has 1 fully saturated rings. The van der Waals surface area contributed by atoms with E-state index in [0.29, 0.717) is 17.4 Å². The van der Waals surface area contributed by atoms with Gasteiger partial charge in [0.2, 0.25) is 11.9 Å². The predicted octanol–water partition coefficient (Wildman–Crippen LogP) is 3.56. The molecular weight excluding hydrogens is 386 g/mol. The molecule has 2 aromatic carbocycles. The summed E-state index contributed by atoms with van der Waals surface area (Å²) in [7, 11) is 0. The summed E-state index contributed by atoms with van der Waals surface area (Å²) >= 11 is 6.27. The standard InChI is InChI=1S/C22H24ClN5O/c1-12-8-9-16-13(2)24-21(26-19(16)10-12)28-22-25-14(3)17(20(29)27-22)11-15-6-4-5-7-18(15)23/h4-10,14,17,22,25H,11H2,1-3H3,(H,27,29)(H,24,26,28). The first-order valence-electron chi connectivity index (χ1n) is 9.72. The zero-order valence-corrected chi connectivity index (χ0v) is 17.4. The van der Waals surface area contributed by atoms with Gasteiger partial charge in [-0.2, -0.15) is 0 Å². The van der Waals surface area contributed by atoms with E-state index >= 15 is 0 Å². The number of nitrogens with one attached hydrogen (secondary N) is 3. The first-order chi connectivity index (χ1) is 13.9. The summed E-state index contributed by atoms with van der Waals surface area (Å²) in [5.41, 5.74) is 3.89. The Balaban J connectivity index is 1.49. The van der Waals surface area contributed by atoms with Crippen LogP contribution >= 0.6 is 11.6 Å². The number of carbonyl (C=O) groups excluding carboxylic acids is 1. The van der Waals surface area contributed by atoms with Crippen LogP contribution in [-0.4, -0.2) is 28.2 Å². The van der Waals surface area contributed by atoms with Crippen LogP contribution in [0.25, 0.3) is 10.9 Å². The number of halogens is 1. The Bertz CT molecular complexity index is 1070. The number of rotatable bonds is 4. The van der Waals surface area contributed by atoms with E-state index in [4.69, 9.17) is 11.6 Å². The van der Waals surface area contributed by atoms with Gasteiger partial charge in [-0.25, -0.2) is 9.97 Å². The Kier molecular flexibility index (Phi) is 5.39. The van der Waals surface area contributed by atoms with Gasteiger partial charge in [-0.1, -0.05) is 41.9 Å². The highest BCUT2D eigenvalue weighted by molar-refractivity contribution is 6.31. The third-order valence-corrected chi connectivity index (χ3v) is 5.74. The molecule has 0 aliphatic carbocycles. The predicted molar refractivity (Wildman–Crippen MR) is 116 cm³/mol. The fourth-order valence-corrected chi connectivity index (χ4v) is 3.95. The van der Waals surface area contributed by atoms with Gasteiger partial charge in [0.15, 0.2) is 6.29 Å². The van der Waals surface area contributed by atoms with E-state index in [-0.39, 0.29) is 17.9 Å². The van der Waals surface area contributed by atoms with Crippen molar-refractivity contribution < 1.29 is 4.79 Å². The highest BCUT2D eigenvalue weighted by Gasteiger charge is 2.34. The second-order valence-corrected chi connectivity index (χ2v) is 8.00. The maximum Gasteiger partial charge on any atom is 0.227 e. The smallest absolute Gasteiger partial charge is 0.227 e. The number of carbonyl (C=O) groups is 1. The van der Waals surface area contributed by atoms with E-state index < -0.39 is 6.29 Å². The molecule has 3 N–H and O–H groups in total. The topological polar surface area (TPSA) is 78.9 Å². The van der Waals surface area contributed by atoms with Gasteiger partial charge in [0.1, 0.15) is 0 Å². The summed E-state index contributed by atoms with van der Waals surface area (Å²) in [5.74, 6) is 0.243. The number of amides is 1. The van der Waals surface area contributed by atoms with Crippen LogP contribution in [0.5, 0.6) is 0 Å². The first-order valence-corrected chi connectivity index (χ1v) is 10.1. The molecule has 1 aliphatic heterocycles. The molecule has 7 heteroatoms. The normalized spacial score (nSPS) is 21.8. The van der Waals surface area contributed by atoms with E-state index in [0.717, 1.165) is 27.7 Å². The van der Waals surface area contributed by atoms with E-state index in [1.54, 1.807) is 0 Å². The fraction of sp³-hybridized carbons (Fsp3) is 0.318. The van der Waals surface area contributed by atoms with Crippen molar-refractivity contribution in [2.75, 3.05) is 5.32 Å². The van der Waals surface area contributed by atoms with Gasteiger partial charge in [0.25, 0.3) is 0 Å². The summed E-state index contributed by atoms with van der Waals surface area (Å²) in [5, 5.41) is 11.3. The zero-order valence-electron chi connectivity index (χ0n) is 16.7. The van der Waals surface area contributed by atoms with Crippen LogP contribution in [0.3, 0.4) is 0 Å². The molecule has 6 nitrogen and oxygen atoms in total. The van der Waals surface area contributed by atoms with Gasteiger partial charge in [0.05, 0.1) is 17.1 Å². The van der Waals surface area contributed by atoms with Crippen molar-refractivity contribution in [1.82, 2.24) is 20.6 Å². The molecule has 0 saturated carbocycles. The molecule has 150 valence electrons. The van der Waals surface area contributed by atoms with Crippen LogP contribution in [-0.2, 0) is 11.2 Å². The molecule has 2 heterocycles. The third-order valence-electron chi connectivity index (χ3n) is 5.37. The number of anilines is 1. The number of hydrogen-bond donors (Lipinski definition) is 3. The van der Waals surface area contributed by atoms with Crippen molar-refractivity contribution in [3.63, 3.8) is 0 Å². The maximum absolute atomic E-state index is 12.8. The van der Waals surface area contributed by atoms with Gasteiger partial charge in [-0.3, -0.25) is 10.1 Å². The number of aromatic nitrogens is 2. The van der Waals surface area contributed by atoms with E-state index in [2.05, 4.69) is 32.0 Å². The monoisotopic (exact) mass is 409 g/mol. The van der Waals surface area contributed by atoms with Crippen molar-refractivity contribution in [2.24, 2.45) is 5.92 Å². The summed E-state index contributed by atoms with van der Waals surface area (Å²) < 4.78 is 0. The average Bonchev–Trinajstić information content (AvgIpc) is 2.65. The van der Waals surface area contributed by atoms with Crippen molar-refractivity contribution in [3.8, 4) is 0 Å². The fourth-order valence-electron chi connectivity index (χ4n) is 3.74. The SMILES string of the molecule is Cc1ccc2c(C)nc(NC3NC(=O)C(Cc4ccccc4Cl)C(C)N3)nc2c1. The van der Waals surface area contributed by atoms with Crippen molar-refractivity contribution in [2.45, 2.75) is 39.5 Å². The summed E-state index contributed by atoms with van der Waals surface area (Å²) in [4.78, 5) is 21.9. The van der Waals surface area contributed by atoms with Crippen LogP contribution in [0, 0.1) is 19.8 Å². The van der Waals surface area contributed by atoms with Crippen molar-refractivity contribution in [1.29, 1.82) is 0 Å². The number of benzene rings is 2. The van der Waals surface area contributed by atoms with Gasteiger partial charge in [-0.15, -0.1) is 0 Å². The molecule has 29 heavy (non-hydrogen) atoms. The highest BCUT2D eigenvalue weighted by Crippen LogP contribution is 2.23. The Morgan fingerprint density at radius 2 is 1.93 bits per heavy atom. The maximum atomic E-state index is 12.8. The minimum Gasteiger partial charge on any atom is -0.323 e. The van der Waals surface area contributed by atoms with Crippen LogP contribution in [0.4, 0.5) is 5.95 Å². The minimum absolute atomic E-state index is 0.0259. The highest BCUT2D eigenvalue weighted by atomic mass is 35.5. The van der Waals surface area contributed by atoms with Crippen LogP contribution in [0.15, 0.2) is 42.5 Å². The number of aryl methyl sites for hydroxylation is 2. The van der Waals surface area contributed by atoms with Crippen LogP contribution < -0.4 is 16.0 Å². The summed E-state index contributed by atoms with van der Waals surface area (Å²) in [6.45, 7) is 6.00. The molecule has 3 aromatic rings. The molecule has 1 aliphatic rings. The molecular formula is C22H24ClN5O. The molecule has 1 saturated heterocycles. The quantitative estimate of drug-likeness (QED) is 0.614. The Hall–Kier alpha value is -2.70. The molecule has 1 amide bonds. The average molecular weight is 410 g/mol. The molecule has 0 spiro atoms. The molecule has 3 unspecified atom stereocenters. The Labute approximate surface area is 175 Å². The van der Waals surface area contributed by atoms with Gasteiger partial charge in [-0.05, 0) is 50.5 Å². The number of fused-ring (bicyclic) bond motifs is 1. The second-order valence-electron chi connectivity index (χ2n) is 7.60. The van der Waals surface area contributed by atoms with E-state index in [1.165, 1.54) is 0 Å². The zero-order chi connectivity index (χ0) is 20.5. The Morgan fingerprint density at radius 3 is 2.69 bits per heavy atom. The molecule has 0 bridgehead atoms. The van der Waals surface area contributed by atoms with Gasteiger partial charge < -0.3 is 10.6 Å². The Morgan fingerprint density at radius 1 is 1.14 bits per heavy atom. The summed E-state index contributed by atoms with van der Waals surface area (Å²) in [6, 6.07) is 13.7. The van der Waals surface area contributed by atoms with E-state index in [1.807, 2.05) is 57.2 Å². The van der Waals surface area contributed by atoms with Crippen LogP contribution in [0.2, 0.25) is 5.02 Å². The molecule has 1 aromatic heterocycles. The molecule has 0 radical (unpaired) electrons. The van der Waals surface area contributed by atoms with Gasteiger partial charge in [0, 0.05) is 16.5 Å². The van der Waals surface area contributed by atoms with Crippen LogP contribution in [0.1, 0.15) is 23.7 Å². The lowest BCUT2D eigenvalue weighted by Gasteiger charge is -2.36. The largest absolute Gasteiger partial charge is 0.323 e. The number of nitrogens with zero attached hydrogens (tertiary/aromatic N) is 2.